The van der Waals surface area contributed by atoms with Crippen molar-refractivity contribution in [3.63, 3.8) is 0 Å². The number of halogens is 1. The van der Waals surface area contributed by atoms with Crippen LogP contribution in [0.15, 0.2) is 22.9 Å². The van der Waals surface area contributed by atoms with Crippen molar-refractivity contribution in [2.45, 2.75) is 25.7 Å². The van der Waals surface area contributed by atoms with Crippen molar-refractivity contribution >= 4 is 21.9 Å². The molecule has 0 unspecified atom stereocenters. The molecule has 5 heteroatoms. The molecule has 0 fully saturated rings. The van der Waals surface area contributed by atoms with Crippen LogP contribution in [0.25, 0.3) is 0 Å². The summed E-state index contributed by atoms with van der Waals surface area (Å²) in [6.07, 6.45) is 4.33. The monoisotopic (exact) mass is 287 g/mol. The van der Waals surface area contributed by atoms with Crippen LogP contribution in [-0.2, 0) is 4.79 Å². The molecule has 0 aliphatic heterocycles. The Kier molecular flexibility index (Phi) is 5.85. The van der Waals surface area contributed by atoms with Crippen molar-refractivity contribution in [3.8, 4) is 5.75 Å². The van der Waals surface area contributed by atoms with Gasteiger partial charge in [0, 0.05) is 6.42 Å². The van der Waals surface area contributed by atoms with Crippen molar-refractivity contribution in [1.82, 2.24) is 4.98 Å². The Labute approximate surface area is 103 Å². The number of pyridine rings is 1. The molecule has 0 radical (unpaired) electrons. The molecule has 1 N–H and O–H groups in total. The molecule has 0 atom stereocenters. The quantitative estimate of drug-likeness (QED) is 0.619. The first-order valence-corrected chi connectivity index (χ1v) is 5.94. The van der Waals surface area contributed by atoms with Gasteiger partial charge in [-0.25, -0.2) is 4.98 Å². The molecule has 1 aromatic heterocycles. The highest BCUT2D eigenvalue weighted by molar-refractivity contribution is 9.10. The molecular formula is C11H14BrNO3. The van der Waals surface area contributed by atoms with Crippen LogP contribution in [0.2, 0.25) is 0 Å². The van der Waals surface area contributed by atoms with Crippen LogP contribution in [0.5, 0.6) is 5.75 Å². The van der Waals surface area contributed by atoms with E-state index in [2.05, 4.69) is 20.9 Å². The summed E-state index contributed by atoms with van der Waals surface area (Å²) in [4.78, 5) is 14.3. The molecule has 88 valence electrons. The van der Waals surface area contributed by atoms with Crippen LogP contribution in [-0.4, -0.2) is 22.7 Å². The lowest BCUT2D eigenvalue weighted by molar-refractivity contribution is -0.137. The highest BCUT2D eigenvalue weighted by Gasteiger charge is 1.97. The van der Waals surface area contributed by atoms with E-state index >= 15 is 0 Å². The lowest BCUT2D eigenvalue weighted by atomic mass is 10.2. The topological polar surface area (TPSA) is 59.4 Å². The van der Waals surface area contributed by atoms with E-state index in [0.717, 1.165) is 23.2 Å². The van der Waals surface area contributed by atoms with E-state index in [9.17, 15) is 4.79 Å². The van der Waals surface area contributed by atoms with E-state index in [-0.39, 0.29) is 6.42 Å². The first-order valence-electron chi connectivity index (χ1n) is 5.14. The SMILES string of the molecule is O=C(O)CCCCCOc1ccc(Br)nc1. The highest BCUT2D eigenvalue weighted by atomic mass is 79.9. The summed E-state index contributed by atoms with van der Waals surface area (Å²) in [7, 11) is 0. The van der Waals surface area contributed by atoms with E-state index in [4.69, 9.17) is 9.84 Å². The van der Waals surface area contributed by atoms with Crippen molar-refractivity contribution in [2.75, 3.05) is 6.61 Å². The van der Waals surface area contributed by atoms with Gasteiger partial charge < -0.3 is 9.84 Å². The normalized spacial score (nSPS) is 10.1. The first kappa shape index (κ1) is 13.0. The minimum atomic E-state index is -0.738. The average molecular weight is 288 g/mol. The van der Waals surface area contributed by atoms with Crippen LogP contribution >= 0.6 is 15.9 Å². The molecular weight excluding hydrogens is 274 g/mol. The van der Waals surface area contributed by atoms with Crippen LogP contribution in [0.4, 0.5) is 0 Å². The summed E-state index contributed by atoms with van der Waals surface area (Å²) in [5, 5.41) is 8.43. The maximum Gasteiger partial charge on any atom is 0.303 e. The van der Waals surface area contributed by atoms with Gasteiger partial charge >= 0.3 is 5.97 Å². The minimum Gasteiger partial charge on any atom is -0.492 e. The largest absolute Gasteiger partial charge is 0.492 e. The zero-order chi connectivity index (χ0) is 11.8. The number of ether oxygens (including phenoxy) is 1. The molecule has 0 bridgehead atoms. The summed E-state index contributed by atoms with van der Waals surface area (Å²) in [6.45, 7) is 0.600. The number of rotatable bonds is 7. The number of carboxylic acid groups (broad SMARTS) is 1. The number of aromatic nitrogens is 1. The van der Waals surface area contributed by atoms with Crippen LogP contribution < -0.4 is 4.74 Å². The molecule has 0 saturated carbocycles. The summed E-state index contributed by atoms with van der Waals surface area (Å²) >= 11 is 3.24. The van der Waals surface area contributed by atoms with E-state index in [0.29, 0.717) is 13.0 Å². The Balaban J connectivity index is 2.07. The molecule has 0 spiro atoms. The zero-order valence-electron chi connectivity index (χ0n) is 8.86. The number of unbranched alkanes of at least 4 members (excludes halogenated alkanes) is 2. The number of aliphatic carboxylic acids is 1. The Morgan fingerprint density at radius 1 is 1.38 bits per heavy atom. The van der Waals surface area contributed by atoms with Crippen molar-refractivity contribution < 1.29 is 14.6 Å². The number of carboxylic acids is 1. The fourth-order valence-electron chi connectivity index (χ4n) is 1.19. The first-order chi connectivity index (χ1) is 7.68. The number of hydrogen-bond acceptors (Lipinski definition) is 3. The maximum atomic E-state index is 10.2. The highest BCUT2D eigenvalue weighted by Crippen LogP contribution is 2.13. The number of hydrogen-bond donors (Lipinski definition) is 1. The molecule has 4 nitrogen and oxygen atoms in total. The second kappa shape index (κ2) is 7.22. The molecule has 0 aromatic carbocycles. The van der Waals surface area contributed by atoms with Gasteiger partial charge in [0.15, 0.2) is 0 Å². The third-order valence-corrected chi connectivity index (χ3v) is 2.47. The van der Waals surface area contributed by atoms with E-state index < -0.39 is 5.97 Å². The molecule has 1 aromatic rings. The summed E-state index contributed by atoms with van der Waals surface area (Å²) in [5.74, 6) is -0.000498. The predicted octanol–water partition coefficient (Wildman–Crippen LogP) is 2.87. The Hall–Kier alpha value is -1.10. The molecule has 0 aliphatic carbocycles. The lowest BCUT2D eigenvalue weighted by Crippen LogP contribution is -1.99. The summed E-state index contributed by atoms with van der Waals surface area (Å²) < 4.78 is 6.22. The van der Waals surface area contributed by atoms with Crippen molar-refractivity contribution in [1.29, 1.82) is 0 Å². The smallest absolute Gasteiger partial charge is 0.303 e. The van der Waals surface area contributed by atoms with Crippen molar-refractivity contribution in [2.24, 2.45) is 0 Å². The third kappa shape index (κ3) is 5.70. The molecule has 16 heavy (non-hydrogen) atoms. The van der Waals surface area contributed by atoms with Crippen LogP contribution in [0.1, 0.15) is 25.7 Å². The van der Waals surface area contributed by atoms with Crippen molar-refractivity contribution in [3.05, 3.63) is 22.9 Å². The number of carbonyl (C=O) groups is 1. The minimum absolute atomic E-state index is 0.236. The zero-order valence-corrected chi connectivity index (χ0v) is 10.4. The van der Waals surface area contributed by atoms with Gasteiger partial charge in [-0.15, -0.1) is 0 Å². The van der Waals surface area contributed by atoms with Gasteiger partial charge in [-0.1, -0.05) is 0 Å². The third-order valence-electron chi connectivity index (χ3n) is 2.00. The van der Waals surface area contributed by atoms with Gasteiger partial charge in [-0.2, -0.15) is 0 Å². The Morgan fingerprint density at radius 2 is 2.19 bits per heavy atom. The van der Waals surface area contributed by atoms with Crippen LogP contribution in [0, 0.1) is 0 Å². The van der Waals surface area contributed by atoms with Gasteiger partial charge in [0.1, 0.15) is 10.4 Å². The van der Waals surface area contributed by atoms with E-state index in [1.807, 2.05) is 12.1 Å². The van der Waals surface area contributed by atoms with Gasteiger partial charge in [0.25, 0.3) is 0 Å². The maximum absolute atomic E-state index is 10.2. The number of nitrogens with zero attached hydrogens (tertiary/aromatic N) is 1. The van der Waals surface area contributed by atoms with Crippen LogP contribution in [0.3, 0.4) is 0 Å². The summed E-state index contributed by atoms with van der Waals surface area (Å²) in [6, 6.07) is 3.66. The van der Waals surface area contributed by atoms with Gasteiger partial charge in [0.2, 0.25) is 0 Å². The summed E-state index contributed by atoms with van der Waals surface area (Å²) in [5.41, 5.74) is 0. The van der Waals surface area contributed by atoms with Gasteiger partial charge in [-0.3, -0.25) is 4.79 Å². The molecule has 1 heterocycles. The molecule has 1 rings (SSSR count). The molecule has 0 amide bonds. The molecule has 0 aliphatic rings. The fraction of sp³-hybridized carbons (Fsp3) is 0.455. The molecule has 0 saturated heterocycles. The fourth-order valence-corrected chi connectivity index (χ4v) is 1.43. The predicted molar refractivity (Wildman–Crippen MR) is 63.5 cm³/mol. The van der Waals surface area contributed by atoms with E-state index in [1.165, 1.54) is 0 Å². The van der Waals surface area contributed by atoms with Gasteiger partial charge in [0.05, 0.1) is 12.8 Å². The second-order valence-electron chi connectivity index (χ2n) is 3.37. The lowest BCUT2D eigenvalue weighted by Gasteiger charge is -2.04. The standard InChI is InChI=1S/C11H14BrNO3/c12-10-6-5-9(8-13-10)16-7-3-1-2-4-11(14)15/h5-6,8H,1-4,7H2,(H,14,15). The Morgan fingerprint density at radius 3 is 2.81 bits per heavy atom. The average Bonchev–Trinajstić information content (AvgIpc) is 2.25. The Bertz CT molecular complexity index is 327. The van der Waals surface area contributed by atoms with E-state index in [1.54, 1.807) is 6.20 Å². The second-order valence-corrected chi connectivity index (χ2v) is 4.18. The van der Waals surface area contributed by atoms with Gasteiger partial charge in [-0.05, 0) is 47.3 Å².